The van der Waals surface area contributed by atoms with E-state index in [0.29, 0.717) is 61.5 Å². The van der Waals surface area contributed by atoms with E-state index in [-0.39, 0.29) is 67.4 Å². The normalized spacial score (nSPS) is 14.9. The van der Waals surface area contributed by atoms with Gasteiger partial charge in [0.1, 0.15) is 34.0 Å². The number of carbonyl (C=O) groups excluding carboxylic acids is 6. The summed E-state index contributed by atoms with van der Waals surface area (Å²) >= 11 is 0. The third-order valence-corrected chi connectivity index (χ3v) is 16.9. The molecule has 0 fully saturated rings. The van der Waals surface area contributed by atoms with Crippen molar-refractivity contribution in [1.29, 1.82) is 0 Å². The molecule has 0 spiro atoms. The molecule has 8 aromatic carbocycles. The Morgan fingerprint density at radius 3 is 1.28 bits per heavy atom. The lowest BCUT2D eigenvalue weighted by atomic mass is 9.74. The Kier molecular flexibility index (Phi) is 11.8. The highest BCUT2D eigenvalue weighted by molar-refractivity contribution is 6.34. The number of aryl methyl sites for hydroxylation is 2. The molecule has 0 bridgehead atoms. The number of aromatic nitrogens is 4. The van der Waals surface area contributed by atoms with Gasteiger partial charge in [-0.05, 0) is 169 Å². The van der Waals surface area contributed by atoms with Crippen LogP contribution < -0.4 is 14.5 Å². The van der Waals surface area contributed by atoms with Crippen molar-refractivity contribution in [2.24, 2.45) is 0 Å². The average molecular weight is 1150 g/mol. The predicted octanol–water partition coefficient (Wildman–Crippen LogP) is 14.2. The van der Waals surface area contributed by atoms with Crippen molar-refractivity contribution in [3.8, 4) is 45.4 Å². The Labute approximate surface area is 479 Å². The number of nitrogens with zero attached hydrogens (tertiary/aromatic N) is 6. The zero-order valence-corrected chi connectivity index (χ0v) is 45.8. The molecule has 0 N–H and O–H groups in total. The minimum atomic E-state index is -5.00. The van der Waals surface area contributed by atoms with Gasteiger partial charge in [0.15, 0.2) is 0 Å². The van der Waals surface area contributed by atoms with Crippen LogP contribution in [0.15, 0.2) is 158 Å². The highest BCUT2D eigenvalue weighted by Crippen LogP contribution is 2.51. The number of ether oxygens (including phenoxy) is 1. The third-order valence-electron chi connectivity index (χ3n) is 16.9. The van der Waals surface area contributed by atoms with Crippen LogP contribution in [0.5, 0.6) is 11.5 Å². The zero-order chi connectivity index (χ0) is 60.1. The van der Waals surface area contributed by atoms with E-state index in [1.165, 1.54) is 114 Å². The van der Waals surface area contributed by atoms with Crippen molar-refractivity contribution < 1.29 is 59.8 Å². The molecule has 0 saturated carbocycles. The van der Waals surface area contributed by atoms with Gasteiger partial charge in [0, 0.05) is 25.0 Å². The molecular weight excluding hydrogens is 1100 g/mol. The quantitative estimate of drug-likeness (QED) is 0.101. The highest BCUT2D eigenvalue weighted by atomic mass is 19.4. The number of alkyl halides is 6. The first-order valence-electron chi connectivity index (χ1n) is 26.7. The second-order valence-electron chi connectivity index (χ2n) is 21.8. The number of hydrogen-bond acceptors (Lipinski definition) is 9. The lowest BCUT2D eigenvalue weighted by molar-refractivity contribution is -0.173. The Balaban J connectivity index is 0.769. The maximum absolute atomic E-state index is 15.8. The highest BCUT2D eigenvalue weighted by Gasteiger charge is 2.56. The molecular formula is C66H44F6N6O7. The Bertz CT molecular complexity index is 4640. The summed E-state index contributed by atoms with van der Waals surface area (Å²) in [6, 6.07) is 38.4. The molecule has 4 amide bonds. The summed E-state index contributed by atoms with van der Waals surface area (Å²) in [7, 11) is 0. The van der Waals surface area contributed by atoms with Crippen molar-refractivity contribution in [3.05, 3.63) is 213 Å². The summed E-state index contributed by atoms with van der Waals surface area (Å²) in [5, 5.41) is 0. The van der Waals surface area contributed by atoms with Crippen molar-refractivity contribution in [2.45, 2.75) is 64.7 Å². The fourth-order valence-corrected chi connectivity index (χ4v) is 11.9. The maximum Gasteiger partial charge on any atom is 0.402 e. The van der Waals surface area contributed by atoms with Crippen LogP contribution in [-0.2, 0) is 20.4 Å². The molecule has 3 aliphatic rings. The number of imidazole rings is 2. The van der Waals surface area contributed by atoms with Gasteiger partial charge in [-0.2, -0.15) is 26.3 Å². The van der Waals surface area contributed by atoms with E-state index in [1.807, 2.05) is 6.92 Å². The van der Waals surface area contributed by atoms with E-state index in [1.54, 1.807) is 61.5 Å². The van der Waals surface area contributed by atoms with Gasteiger partial charge in [0.2, 0.25) is 11.8 Å². The zero-order valence-electron chi connectivity index (χ0n) is 45.8. The number of hydrogen-bond donors (Lipinski definition) is 0. The van der Waals surface area contributed by atoms with Crippen LogP contribution in [-0.4, -0.2) is 66.9 Å². The molecule has 10 aromatic rings. The van der Waals surface area contributed by atoms with Gasteiger partial charge in [-0.3, -0.25) is 42.8 Å². The second kappa shape index (κ2) is 18.6. The number of imide groups is 2. The molecule has 2 atom stereocenters. The van der Waals surface area contributed by atoms with Crippen molar-refractivity contribution >= 4 is 68.9 Å². The van der Waals surface area contributed by atoms with Crippen LogP contribution in [0.4, 0.5) is 37.7 Å². The molecule has 0 aliphatic carbocycles. The van der Waals surface area contributed by atoms with Crippen molar-refractivity contribution in [2.75, 3.05) is 9.80 Å². The predicted molar refractivity (Wildman–Crippen MR) is 304 cm³/mol. The number of fused-ring (bicyclic) bond motifs is 11. The van der Waals surface area contributed by atoms with Gasteiger partial charge in [0.25, 0.3) is 23.6 Å². The number of rotatable bonds is 9. The number of amides is 4. The number of anilines is 2. The fraction of sp³-hybridized carbons (Fsp3) is 0.152. The van der Waals surface area contributed by atoms with Crippen LogP contribution in [0.3, 0.4) is 0 Å². The Morgan fingerprint density at radius 2 is 0.847 bits per heavy atom. The lowest BCUT2D eigenvalue weighted by Crippen LogP contribution is -2.41. The summed E-state index contributed by atoms with van der Waals surface area (Å²) in [6.45, 7) is 8.14. The molecule has 85 heavy (non-hydrogen) atoms. The summed E-state index contributed by atoms with van der Waals surface area (Å²) < 4.78 is 101. The molecule has 2 unspecified atom stereocenters. The molecule has 5 heterocycles. The van der Waals surface area contributed by atoms with E-state index in [4.69, 9.17) is 14.7 Å². The van der Waals surface area contributed by atoms with Crippen molar-refractivity contribution in [1.82, 2.24) is 19.1 Å². The van der Waals surface area contributed by atoms with Crippen molar-refractivity contribution in [3.63, 3.8) is 0 Å². The standard InChI is InChI=1S/C66H44F6N6O7/c1-33-7-10-39(27-34(33)2)63(5,65(67,68)69)40-11-22-47-50(30-40)61(83)77-55-28-37(8-25-53(55)73-57(47)77)38-9-26-54-56(29-38)78-58(74-54)48-23-12-41(31-51(48)62(78)84)64(6,66(70,71)72)42-13-24-49-52(32-42)60(82)76(59(49)81)44-16-20-46(21-17-44)85-45-18-14-43(15-19-45)75(35(3)79)36(4)80/h7-32H,1-6H3. The minimum Gasteiger partial charge on any atom is -0.457 e. The van der Waals surface area contributed by atoms with Crippen LogP contribution in [0, 0.1) is 13.8 Å². The molecule has 3 aliphatic heterocycles. The second-order valence-corrected chi connectivity index (χ2v) is 21.8. The SMILES string of the molecule is CC(=O)N(C(C)=O)c1ccc(Oc2ccc(N3C(=O)c4ccc(C(C)(c5ccc6c(c5)C(=O)n5c-6nc6ccc(-c7ccc8nc9n(c8c7)C(=O)c7cc(C(C)(c8ccc(C)c(C)c8)C(F)(F)F)ccc7-9)cc65)C(F)(F)F)cc4C3=O)cc2)cc1. The van der Waals surface area contributed by atoms with Gasteiger partial charge in [-0.1, -0.05) is 60.7 Å². The summed E-state index contributed by atoms with van der Waals surface area (Å²) in [5.41, 5.74) is -0.969. The monoisotopic (exact) mass is 1150 g/mol. The topological polar surface area (TPSA) is 154 Å². The van der Waals surface area contributed by atoms with E-state index < -0.39 is 58.6 Å². The minimum absolute atomic E-state index is 0.0379. The van der Waals surface area contributed by atoms with Crippen LogP contribution >= 0.6 is 0 Å². The van der Waals surface area contributed by atoms with E-state index in [0.717, 1.165) is 41.3 Å². The number of carbonyl (C=O) groups is 6. The first-order chi connectivity index (χ1) is 40.3. The van der Waals surface area contributed by atoms with Crippen LogP contribution in [0.25, 0.3) is 56.0 Å². The average Bonchev–Trinajstić information content (AvgIpc) is 1.71. The molecule has 2 aromatic heterocycles. The molecule has 19 heteroatoms. The van der Waals surface area contributed by atoms with Crippen LogP contribution in [0.2, 0.25) is 0 Å². The molecule has 13 rings (SSSR count). The molecule has 422 valence electrons. The first-order valence-corrected chi connectivity index (χ1v) is 26.7. The van der Waals surface area contributed by atoms with E-state index in [9.17, 15) is 28.8 Å². The van der Waals surface area contributed by atoms with Gasteiger partial charge in [0.05, 0.1) is 55.7 Å². The number of halogens is 6. The smallest absolute Gasteiger partial charge is 0.402 e. The van der Waals surface area contributed by atoms with Gasteiger partial charge in [-0.15, -0.1) is 0 Å². The Hall–Kier alpha value is -10.3. The van der Waals surface area contributed by atoms with E-state index in [2.05, 4.69) is 0 Å². The van der Waals surface area contributed by atoms with Crippen LogP contribution in [0.1, 0.15) is 103 Å². The first kappa shape index (κ1) is 54.0. The lowest BCUT2D eigenvalue weighted by Gasteiger charge is -2.34. The molecule has 0 saturated heterocycles. The summed E-state index contributed by atoms with van der Waals surface area (Å²) in [4.78, 5) is 91.9. The fourth-order valence-electron chi connectivity index (χ4n) is 11.9. The van der Waals surface area contributed by atoms with E-state index >= 15 is 26.3 Å². The van der Waals surface area contributed by atoms with Gasteiger partial charge >= 0.3 is 12.4 Å². The molecule has 13 nitrogen and oxygen atoms in total. The summed E-state index contributed by atoms with van der Waals surface area (Å²) in [6.07, 6.45) is -9.72. The third kappa shape index (κ3) is 7.99. The van der Waals surface area contributed by atoms with Gasteiger partial charge in [-0.25, -0.2) is 14.9 Å². The maximum atomic E-state index is 15.8. The largest absolute Gasteiger partial charge is 0.457 e. The number of benzene rings is 8. The van der Waals surface area contributed by atoms with Gasteiger partial charge < -0.3 is 4.74 Å². The Morgan fingerprint density at radius 1 is 0.447 bits per heavy atom. The summed E-state index contributed by atoms with van der Waals surface area (Å²) in [5.74, 6) is -2.63. The molecule has 0 radical (unpaired) electrons.